The molecular weight excluding hydrogens is 1710 g/mol. The summed E-state index contributed by atoms with van der Waals surface area (Å²) in [5, 5.41) is 62.2. The topological polar surface area (TPSA) is 393 Å². The lowest BCUT2D eigenvalue weighted by atomic mass is 9.83. The number of para-hydroxylation sites is 4. The van der Waals surface area contributed by atoms with Gasteiger partial charge >= 0.3 is 17.9 Å². The number of hydrogen-bond acceptors (Lipinski definition) is 22. The number of aliphatic hydroxyl groups is 3. The summed E-state index contributed by atoms with van der Waals surface area (Å²) in [4.78, 5) is 107. The van der Waals surface area contributed by atoms with Crippen LogP contribution in [-0.2, 0) is 43.5 Å². The molecule has 0 radical (unpaired) electrons. The number of aliphatic hydroxyl groups excluding tert-OH is 3. The number of carbonyl (C=O) groups is 9. The van der Waals surface area contributed by atoms with Crippen molar-refractivity contribution < 1.29 is 102 Å². The van der Waals surface area contributed by atoms with E-state index in [1.165, 1.54) is 44.4 Å². The van der Waals surface area contributed by atoms with Crippen molar-refractivity contribution in [2.45, 2.75) is 348 Å². The van der Waals surface area contributed by atoms with Gasteiger partial charge in [0.1, 0.15) is 85.9 Å². The second kappa shape index (κ2) is 53.0. The number of hydrogen-bond donors (Lipinski definition) is 9. The average molecular weight is 1880 g/mol. The van der Waals surface area contributed by atoms with Crippen LogP contribution in [0.5, 0.6) is 46.0 Å². The van der Waals surface area contributed by atoms with Gasteiger partial charge in [-0.3, -0.25) is 43.3 Å². The van der Waals surface area contributed by atoms with Gasteiger partial charge in [-0.05, 0) is 272 Å². The Morgan fingerprint density at radius 1 is 0.548 bits per heavy atom. The molecular formula is C110H164N4O21. The van der Waals surface area contributed by atoms with Gasteiger partial charge in [-0.1, -0.05) is 152 Å². The van der Waals surface area contributed by atoms with Gasteiger partial charge in [0.05, 0.1) is 41.0 Å². The molecule has 3 atom stereocenters. The van der Waals surface area contributed by atoms with Gasteiger partial charge in [0, 0.05) is 89.0 Å². The molecule has 2 unspecified atom stereocenters. The van der Waals surface area contributed by atoms with E-state index in [1.54, 1.807) is 106 Å². The van der Waals surface area contributed by atoms with E-state index >= 15 is 0 Å². The van der Waals surface area contributed by atoms with Crippen LogP contribution in [0.1, 0.15) is 347 Å². The fraction of sp³-hybridized carbons (Fsp3) is 0.545. The number of carboxylic acid groups (broad SMARTS) is 1. The SMILES string of the molecule is CC(=O)Nc1ccc(OC(C)(C)C)cc1.CC(=O)Oc1ccccc1C(=O)C(C)(C)C.CC(C)(C)C(=O)CCCC(=O)[C@H](O)C(C)(C)CO.CC(C)(C)C(=O)c1ccccc1O.CC(C)(C)Oc1ccccc1C(=O)O.CC(C)(C)Oc1ccccc1C(N)=O.Cc1c(C)c2c(c(C)c1OC(=O)C(C)(C)C)CCC(C)(CCCC(C)C(C)C)O2.Cc1ncc(CO)c(CNC(C)(C)C)c1O. The van der Waals surface area contributed by atoms with E-state index < -0.39 is 45.6 Å². The zero-order valence-corrected chi connectivity index (χ0v) is 88.0. The number of pyridine rings is 1. The fourth-order valence-corrected chi connectivity index (χ4v) is 12.5. The summed E-state index contributed by atoms with van der Waals surface area (Å²) in [7, 11) is 0. The number of benzene rings is 6. The number of esters is 2. The number of aryl methyl sites for hydroxylation is 1. The first-order chi connectivity index (χ1) is 61.5. The lowest BCUT2D eigenvalue weighted by molar-refractivity contribution is -0.143. The maximum Gasteiger partial charge on any atom is 0.339 e. The van der Waals surface area contributed by atoms with Gasteiger partial charge in [0.15, 0.2) is 17.3 Å². The number of phenolic OH excluding ortho intramolecular Hbond substituents is 1. The first kappa shape index (κ1) is 122. The van der Waals surface area contributed by atoms with E-state index in [-0.39, 0.29) is 105 Å². The van der Waals surface area contributed by atoms with E-state index in [4.69, 9.17) is 44.4 Å². The summed E-state index contributed by atoms with van der Waals surface area (Å²) in [5.74, 6) is 3.14. The third-order valence-electron chi connectivity index (χ3n) is 21.0. The summed E-state index contributed by atoms with van der Waals surface area (Å²) in [6.07, 6.45) is 6.92. The average Bonchev–Trinajstić information content (AvgIpc) is 0.754. The van der Waals surface area contributed by atoms with Crippen LogP contribution in [0.25, 0.3) is 0 Å². The second-order valence-corrected chi connectivity index (χ2v) is 43.6. The minimum Gasteiger partial charge on any atom is -0.507 e. The van der Waals surface area contributed by atoms with Gasteiger partial charge < -0.3 is 75.4 Å². The highest BCUT2D eigenvalue weighted by atomic mass is 16.5. The Balaban J connectivity index is 0.000000783. The number of anilines is 1. The zero-order chi connectivity index (χ0) is 104. The van der Waals surface area contributed by atoms with E-state index in [9.17, 15) is 63.6 Å². The number of ether oxygens (including phenoxy) is 6. The first-order valence-electron chi connectivity index (χ1n) is 46.3. The Labute approximate surface area is 806 Å². The summed E-state index contributed by atoms with van der Waals surface area (Å²) in [6, 6.07) is 34.3. The highest BCUT2D eigenvalue weighted by Crippen LogP contribution is 2.46. The van der Waals surface area contributed by atoms with E-state index in [0.29, 0.717) is 64.6 Å². The second-order valence-electron chi connectivity index (χ2n) is 43.6. The summed E-state index contributed by atoms with van der Waals surface area (Å²) in [5.41, 5.74) is 10.1. The van der Waals surface area contributed by atoms with Gasteiger partial charge in [-0.15, -0.1) is 0 Å². The number of carboxylic acids is 1. The van der Waals surface area contributed by atoms with Gasteiger partial charge in [-0.2, -0.15) is 0 Å². The van der Waals surface area contributed by atoms with Crippen molar-refractivity contribution in [3.63, 3.8) is 0 Å². The van der Waals surface area contributed by atoms with Crippen LogP contribution in [0.15, 0.2) is 128 Å². The molecule has 0 fully saturated rings. The third kappa shape index (κ3) is 45.1. The molecule has 10 N–H and O–H groups in total. The standard InChI is InChI=1S/C26H42O3.C14H26O4.C13H16O3.C12H20N2O2.C12H17NO2.C11H15NO2.C11H14O3.C11H14O2/c1-16(2)17(3)12-11-14-26(10)15-13-21-20(6)22(28-24(27)25(7,8)9)18(4)19(5)23(21)29-26;1-13(2,3)11(17)8-6-7-10(16)12(18)14(4,5)9-15;1-9(14)16-11-8-6-5-7-10(11)12(15)13(2,3)4;1-8-11(16)10(6-14-12(2,3)4)9(7-15)5-13-8;1-9(14)13-10-5-7-11(8-6-10)15-12(2,3)4;2*1-11(2,3)14-9-7-5-4-6-8(9)10(12)13;1-11(2,3)10(13)8-6-4-5-7-9(8)12/h16-17H,11-15H2,1-10H3;12,15,18H,6-9H2,1-5H3;5-8H,1-4H3;5,14-16H,6-7H2,1-4H3;5-8H,1-4H3,(H,13,14);4-7H,1-3H3,(H2,12,13);4-7H,1-3H3,(H,12,13);4-7,12H,1-3H3/t;12-;;;;;;/m.0....../s1. The van der Waals surface area contributed by atoms with Crippen molar-refractivity contribution in [3.8, 4) is 46.0 Å². The predicted octanol–water partition coefficient (Wildman–Crippen LogP) is 23.1. The van der Waals surface area contributed by atoms with E-state index in [0.717, 1.165) is 76.3 Å². The molecule has 1 aliphatic heterocycles. The summed E-state index contributed by atoms with van der Waals surface area (Å²) >= 11 is 0. The van der Waals surface area contributed by atoms with E-state index in [1.807, 2.05) is 183 Å². The van der Waals surface area contributed by atoms with Crippen LogP contribution >= 0.6 is 0 Å². The minimum absolute atomic E-state index is 0.0314. The molecule has 6 aromatic carbocycles. The smallest absolute Gasteiger partial charge is 0.339 e. The Bertz CT molecular complexity index is 4960. The zero-order valence-electron chi connectivity index (χ0n) is 88.0. The fourth-order valence-electron chi connectivity index (χ4n) is 12.5. The largest absolute Gasteiger partial charge is 0.507 e. The maximum atomic E-state index is 12.5. The maximum absolute atomic E-state index is 12.5. The number of primary amides is 1. The molecule has 2 amide bonds. The molecule has 8 rings (SSSR count). The van der Waals surface area contributed by atoms with Crippen LogP contribution in [-0.4, -0.2) is 129 Å². The lowest BCUT2D eigenvalue weighted by Gasteiger charge is -2.38. The normalized spacial score (nSPS) is 13.6. The van der Waals surface area contributed by atoms with Crippen molar-refractivity contribution in [1.82, 2.24) is 10.3 Å². The number of Topliss-reactive ketones (excluding diaryl/α,β-unsaturated/α-hetero) is 4. The van der Waals surface area contributed by atoms with Gasteiger partial charge in [-0.25, -0.2) is 4.79 Å². The number of carbonyl (C=O) groups excluding carboxylic acids is 8. The quantitative estimate of drug-likeness (QED) is 0.0146. The van der Waals surface area contributed by atoms with Crippen molar-refractivity contribution in [3.05, 3.63) is 189 Å². The Hall–Kier alpha value is -10.9. The summed E-state index contributed by atoms with van der Waals surface area (Å²) < 4.78 is 34.3. The number of phenols is 1. The third-order valence-corrected chi connectivity index (χ3v) is 21.0. The molecule has 0 aliphatic carbocycles. The number of nitrogens with zero attached hydrogens (tertiary/aromatic N) is 1. The molecule has 750 valence electrons. The molecule has 2 heterocycles. The number of rotatable bonds is 25. The predicted molar refractivity (Wildman–Crippen MR) is 538 cm³/mol. The van der Waals surface area contributed by atoms with Crippen LogP contribution in [0.4, 0.5) is 5.69 Å². The monoisotopic (exact) mass is 1880 g/mol. The molecule has 0 spiro atoms. The van der Waals surface area contributed by atoms with Crippen molar-refractivity contribution in [1.29, 1.82) is 0 Å². The summed E-state index contributed by atoms with van der Waals surface area (Å²) in [6.45, 7) is 69.2. The van der Waals surface area contributed by atoms with Crippen molar-refractivity contribution >= 4 is 58.5 Å². The van der Waals surface area contributed by atoms with Gasteiger partial charge in [0.2, 0.25) is 5.91 Å². The first-order valence-corrected chi connectivity index (χ1v) is 46.3. The lowest BCUT2D eigenvalue weighted by Crippen LogP contribution is -2.39. The number of aromatic hydroxyl groups is 2. The molecule has 25 nitrogen and oxygen atoms in total. The molecule has 1 aliphatic rings. The number of ketones is 4. The van der Waals surface area contributed by atoms with Crippen LogP contribution in [0, 0.1) is 66.6 Å². The molecule has 7 aromatic rings. The highest BCUT2D eigenvalue weighted by Gasteiger charge is 2.38. The van der Waals surface area contributed by atoms with E-state index in [2.05, 4.69) is 77.9 Å². The molecule has 0 saturated heterocycles. The number of nitrogens with two attached hydrogens (primary N) is 1. The van der Waals surface area contributed by atoms with Crippen LogP contribution in [0.3, 0.4) is 0 Å². The number of amides is 2. The number of fused-ring (bicyclic) bond motifs is 1. The molecule has 135 heavy (non-hydrogen) atoms. The Morgan fingerprint density at radius 3 is 1.44 bits per heavy atom. The highest BCUT2D eigenvalue weighted by molar-refractivity contribution is 6.03. The Morgan fingerprint density at radius 2 is 1.01 bits per heavy atom. The molecule has 1 aromatic heterocycles. The molecule has 0 bridgehead atoms. The minimum atomic E-state index is -1.17. The number of nitrogens with one attached hydrogen (secondary N) is 2. The van der Waals surface area contributed by atoms with Gasteiger partial charge in [0.25, 0.3) is 5.91 Å². The van der Waals surface area contributed by atoms with Crippen LogP contribution < -0.4 is 44.8 Å². The number of aromatic nitrogens is 1. The van der Waals surface area contributed by atoms with Crippen molar-refractivity contribution in [2.24, 2.45) is 44.6 Å². The molecule has 0 saturated carbocycles. The van der Waals surface area contributed by atoms with Crippen LogP contribution in [0.2, 0.25) is 0 Å². The Kier molecular flexibility index (Phi) is 48.0. The number of aromatic carboxylic acids is 1. The van der Waals surface area contributed by atoms with Crippen molar-refractivity contribution in [2.75, 3.05) is 11.9 Å². The molecule has 25 heteroatoms.